The van der Waals surface area contributed by atoms with E-state index in [-0.39, 0.29) is 11.9 Å². The average Bonchev–Trinajstić information content (AvgIpc) is 3.26. The van der Waals surface area contributed by atoms with Crippen LogP contribution in [0.2, 0.25) is 5.02 Å². The molecule has 0 heterocycles. The van der Waals surface area contributed by atoms with Crippen molar-refractivity contribution < 1.29 is 9.53 Å². The monoisotopic (exact) mass is 296 g/mol. The fraction of sp³-hybridized carbons (Fsp3) is 0.533. The van der Waals surface area contributed by atoms with Crippen molar-refractivity contribution >= 4 is 23.2 Å². The molecule has 1 atom stereocenters. The number of carbonyl (C=O) groups excluding carboxylic acids is 1. The van der Waals surface area contributed by atoms with E-state index in [0.29, 0.717) is 35.3 Å². The highest BCUT2D eigenvalue weighted by Crippen LogP contribution is 2.35. The van der Waals surface area contributed by atoms with Crippen LogP contribution in [0.3, 0.4) is 0 Å². The molecule has 1 amide bonds. The molecule has 0 spiro atoms. The number of methoxy groups -OCH3 is 1. The number of hydrogen-bond acceptors (Lipinski definition) is 3. The SMILES string of the molecule is COCCN(C(=O)c1ccc(Cl)c(N)c1)C(C)C1CC1. The van der Waals surface area contributed by atoms with Gasteiger partial charge < -0.3 is 15.4 Å². The maximum Gasteiger partial charge on any atom is 0.254 e. The van der Waals surface area contributed by atoms with Crippen LogP contribution in [-0.4, -0.2) is 37.1 Å². The Morgan fingerprint density at radius 1 is 1.55 bits per heavy atom. The first-order valence-electron chi connectivity index (χ1n) is 6.89. The van der Waals surface area contributed by atoms with E-state index < -0.39 is 0 Å². The molecule has 1 aliphatic rings. The number of ether oxygens (including phenoxy) is 1. The van der Waals surface area contributed by atoms with E-state index in [0.717, 1.165) is 0 Å². The zero-order valence-corrected chi connectivity index (χ0v) is 12.7. The van der Waals surface area contributed by atoms with Gasteiger partial charge >= 0.3 is 0 Å². The van der Waals surface area contributed by atoms with Gasteiger partial charge in [0.2, 0.25) is 0 Å². The first-order valence-corrected chi connectivity index (χ1v) is 7.27. The lowest BCUT2D eigenvalue weighted by Gasteiger charge is -2.29. The standard InChI is InChI=1S/C15H21ClN2O2/c1-10(11-3-4-11)18(7-8-20-2)15(19)12-5-6-13(16)14(17)9-12/h5-6,9-11H,3-4,7-8,17H2,1-2H3. The molecular formula is C15H21ClN2O2. The predicted octanol–water partition coefficient (Wildman–Crippen LogP) is 2.81. The number of anilines is 1. The highest BCUT2D eigenvalue weighted by Gasteiger charge is 2.34. The summed E-state index contributed by atoms with van der Waals surface area (Å²) in [5.74, 6) is 0.602. The van der Waals surface area contributed by atoms with Crippen LogP contribution in [0.15, 0.2) is 18.2 Å². The van der Waals surface area contributed by atoms with Crippen molar-refractivity contribution in [3.63, 3.8) is 0 Å². The highest BCUT2D eigenvalue weighted by atomic mass is 35.5. The van der Waals surface area contributed by atoms with Gasteiger partial charge in [0.15, 0.2) is 0 Å². The fourth-order valence-electron chi connectivity index (χ4n) is 2.36. The highest BCUT2D eigenvalue weighted by molar-refractivity contribution is 6.33. The lowest BCUT2D eigenvalue weighted by Crippen LogP contribution is -2.42. The number of amides is 1. The second kappa shape index (κ2) is 6.46. The summed E-state index contributed by atoms with van der Waals surface area (Å²) in [5.41, 5.74) is 6.79. The van der Waals surface area contributed by atoms with E-state index in [9.17, 15) is 4.79 Å². The molecule has 1 fully saturated rings. The molecule has 110 valence electrons. The number of hydrogen-bond donors (Lipinski definition) is 1. The van der Waals surface area contributed by atoms with E-state index in [1.165, 1.54) is 12.8 Å². The number of benzene rings is 1. The molecule has 0 saturated heterocycles. The van der Waals surface area contributed by atoms with Crippen molar-refractivity contribution in [2.24, 2.45) is 5.92 Å². The lowest BCUT2D eigenvalue weighted by atomic mass is 10.1. The quantitative estimate of drug-likeness (QED) is 0.821. The number of carbonyl (C=O) groups is 1. The molecule has 2 rings (SSSR count). The van der Waals surface area contributed by atoms with Crippen LogP contribution in [0.4, 0.5) is 5.69 Å². The predicted molar refractivity (Wildman–Crippen MR) is 81.0 cm³/mol. The van der Waals surface area contributed by atoms with Gasteiger partial charge in [0.05, 0.1) is 17.3 Å². The van der Waals surface area contributed by atoms with Crippen molar-refractivity contribution in [3.05, 3.63) is 28.8 Å². The molecule has 0 radical (unpaired) electrons. The molecule has 1 aromatic rings. The molecular weight excluding hydrogens is 276 g/mol. The van der Waals surface area contributed by atoms with E-state index in [1.807, 2.05) is 4.90 Å². The molecule has 20 heavy (non-hydrogen) atoms. The maximum atomic E-state index is 12.7. The van der Waals surface area contributed by atoms with Gasteiger partial charge in [-0.05, 0) is 43.9 Å². The summed E-state index contributed by atoms with van der Waals surface area (Å²) >= 11 is 5.90. The van der Waals surface area contributed by atoms with Crippen LogP contribution in [0.5, 0.6) is 0 Å². The summed E-state index contributed by atoms with van der Waals surface area (Å²) in [6.07, 6.45) is 2.39. The smallest absolute Gasteiger partial charge is 0.254 e. The van der Waals surface area contributed by atoms with E-state index in [2.05, 4.69) is 6.92 Å². The maximum absolute atomic E-state index is 12.7. The van der Waals surface area contributed by atoms with Crippen LogP contribution in [0, 0.1) is 5.92 Å². The first-order chi connectivity index (χ1) is 9.54. The van der Waals surface area contributed by atoms with E-state index >= 15 is 0 Å². The van der Waals surface area contributed by atoms with E-state index in [4.69, 9.17) is 22.1 Å². The molecule has 1 aromatic carbocycles. The zero-order chi connectivity index (χ0) is 14.7. The number of halogens is 1. The Morgan fingerprint density at radius 3 is 2.80 bits per heavy atom. The van der Waals surface area contributed by atoms with Crippen molar-refractivity contribution in [2.45, 2.75) is 25.8 Å². The van der Waals surface area contributed by atoms with Gasteiger partial charge in [-0.3, -0.25) is 4.79 Å². The van der Waals surface area contributed by atoms with Gasteiger partial charge in [0.1, 0.15) is 0 Å². The van der Waals surface area contributed by atoms with Crippen LogP contribution in [-0.2, 0) is 4.74 Å². The summed E-state index contributed by atoms with van der Waals surface area (Å²) in [5, 5.41) is 0.472. The topological polar surface area (TPSA) is 55.6 Å². The molecule has 0 aliphatic heterocycles. The van der Waals surface area contributed by atoms with Crippen molar-refractivity contribution in [2.75, 3.05) is 26.0 Å². The largest absolute Gasteiger partial charge is 0.398 e. The Bertz CT molecular complexity index is 489. The Balaban J connectivity index is 2.17. The van der Waals surface area contributed by atoms with Gasteiger partial charge in [0.25, 0.3) is 5.91 Å². The van der Waals surface area contributed by atoms with Crippen molar-refractivity contribution in [1.82, 2.24) is 4.90 Å². The molecule has 0 aromatic heterocycles. The molecule has 4 nitrogen and oxygen atoms in total. The van der Waals surface area contributed by atoms with Gasteiger partial charge in [-0.1, -0.05) is 11.6 Å². The third-order valence-corrected chi connectivity index (χ3v) is 4.18. The number of nitrogens with two attached hydrogens (primary N) is 1. The van der Waals surface area contributed by atoms with Gasteiger partial charge in [-0.2, -0.15) is 0 Å². The Kier molecular flexibility index (Phi) is 4.89. The van der Waals surface area contributed by atoms with Gasteiger partial charge in [-0.15, -0.1) is 0 Å². The fourth-order valence-corrected chi connectivity index (χ4v) is 2.47. The third kappa shape index (κ3) is 3.44. The minimum atomic E-state index is -0.00943. The minimum absolute atomic E-state index is 0.00943. The Morgan fingerprint density at radius 2 is 2.25 bits per heavy atom. The Hall–Kier alpha value is -1.26. The zero-order valence-electron chi connectivity index (χ0n) is 11.9. The summed E-state index contributed by atoms with van der Waals surface area (Å²) in [4.78, 5) is 14.5. The summed E-state index contributed by atoms with van der Waals surface area (Å²) < 4.78 is 5.11. The third-order valence-electron chi connectivity index (χ3n) is 3.84. The second-order valence-corrected chi connectivity index (χ2v) is 5.71. The van der Waals surface area contributed by atoms with Crippen molar-refractivity contribution in [3.8, 4) is 0 Å². The van der Waals surface area contributed by atoms with Crippen LogP contribution in [0.1, 0.15) is 30.1 Å². The van der Waals surface area contributed by atoms with Crippen molar-refractivity contribution in [1.29, 1.82) is 0 Å². The number of rotatable bonds is 6. The second-order valence-electron chi connectivity index (χ2n) is 5.31. The molecule has 0 bridgehead atoms. The van der Waals surface area contributed by atoms with E-state index in [1.54, 1.807) is 25.3 Å². The molecule has 1 unspecified atom stereocenters. The van der Waals surface area contributed by atoms with Gasteiger partial charge in [0, 0.05) is 25.3 Å². The molecule has 5 heteroatoms. The number of nitrogens with zero attached hydrogens (tertiary/aromatic N) is 1. The van der Waals surface area contributed by atoms with Crippen LogP contribution < -0.4 is 5.73 Å². The van der Waals surface area contributed by atoms with Crippen LogP contribution >= 0.6 is 11.6 Å². The summed E-state index contributed by atoms with van der Waals surface area (Å²) in [6, 6.07) is 5.26. The summed E-state index contributed by atoms with van der Waals surface area (Å²) in [6.45, 7) is 3.23. The van der Waals surface area contributed by atoms with Crippen LogP contribution in [0.25, 0.3) is 0 Å². The summed E-state index contributed by atoms with van der Waals surface area (Å²) in [7, 11) is 1.64. The number of nitrogen functional groups attached to an aromatic ring is 1. The first kappa shape index (κ1) is 15.1. The average molecular weight is 297 g/mol. The van der Waals surface area contributed by atoms with Gasteiger partial charge in [-0.25, -0.2) is 0 Å². The minimum Gasteiger partial charge on any atom is -0.398 e. The molecule has 1 aliphatic carbocycles. The Labute approximate surface area is 124 Å². The lowest BCUT2D eigenvalue weighted by molar-refractivity contribution is 0.0594. The molecule has 2 N–H and O–H groups in total. The molecule has 1 saturated carbocycles. The normalized spacial score (nSPS) is 15.9.